The summed E-state index contributed by atoms with van der Waals surface area (Å²) in [6.45, 7) is 8.24. The van der Waals surface area contributed by atoms with E-state index in [0.29, 0.717) is 6.04 Å². The zero-order valence-electron chi connectivity index (χ0n) is 10.4. The lowest BCUT2D eigenvalue weighted by atomic mass is 10.0. The SMILES string of the molecule is CCC1CN2CCCC2CN1C1CCOC1. The lowest BCUT2D eigenvalue weighted by Crippen LogP contribution is -2.59. The van der Waals surface area contributed by atoms with Gasteiger partial charge in [-0.15, -0.1) is 0 Å². The molecular formula is C13H24N2O. The first-order valence-electron chi connectivity index (χ1n) is 6.96. The molecule has 0 spiro atoms. The van der Waals surface area contributed by atoms with Gasteiger partial charge in [0.2, 0.25) is 0 Å². The summed E-state index contributed by atoms with van der Waals surface area (Å²) in [6.07, 6.45) is 5.37. The maximum absolute atomic E-state index is 5.56. The van der Waals surface area contributed by atoms with Crippen molar-refractivity contribution in [1.29, 1.82) is 0 Å². The Labute approximate surface area is 98.7 Å². The van der Waals surface area contributed by atoms with Crippen LogP contribution < -0.4 is 0 Å². The predicted molar refractivity (Wildman–Crippen MR) is 64.6 cm³/mol. The molecule has 3 aliphatic heterocycles. The van der Waals surface area contributed by atoms with Crippen molar-refractivity contribution in [2.75, 3.05) is 32.8 Å². The molecule has 3 aliphatic rings. The van der Waals surface area contributed by atoms with Gasteiger partial charge in [0.05, 0.1) is 6.61 Å². The summed E-state index contributed by atoms with van der Waals surface area (Å²) in [5.41, 5.74) is 0. The van der Waals surface area contributed by atoms with Crippen LogP contribution >= 0.6 is 0 Å². The number of hydrogen-bond donors (Lipinski definition) is 0. The standard InChI is InChI=1S/C13H24N2O/c1-2-11-8-14-6-3-4-12(14)9-15(11)13-5-7-16-10-13/h11-13H,2-10H2,1H3. The van der Waals surface area contributed by atoms with E-state index in [1.807, 2.05) is 0 Å². The monoisotopic (exact) mass is 224 g/mol. The molecule has 0 amide bonds. The summed E-state index contributed by atoms with van der Waals surface area (Å²) < 4.78 is 5.56. The van der Waals surface area contributed by atoms with Crippen molar-refractivity contribution in [3.63, 3.8) is 0 Å². The molecule has 0 N–H and O–H groups in total. The van der Waals surface area contributed by atoms with Crippen LogP contribution in [0.15, 0.2) is 0 Å². The fourth-order valence-electron chi connectivity index (χ4n) is 3.70. The first kappa shape index (κ1) is 11.0. The minimum atomic E-state index is 0.715. The average Bonchev–Trinajstić information content (AvgIpc) is 2.97. The normalized spacial score (nSPS) is 41.4. The van der Waals surface area contributed by atoms with Crippen molar-refractivity contribution >= 4 is 0 Å². The molecule has 0 aromatic heterocycles. The Bertz CT molecular complexity index is 240. The molecule has 3 saturated heterocycles. The predicted octanol–water partition coefficient (Wildman–Crippen LogP) is 1.33. The van der Waals surface area contributed by atoms with Crippen LogP contribution in [-0.4, -0.2) is 60.8 Å². The van der Waals surface area contributed by atoms with Crippen LogP contribution in [0.1, 0.15) is 32.6 Å². The highest BCUT2D eigenvalue weighted by atomic mass is 16.5. The molecule has 3 rings (SSSR count). The molecular weight excluding hydrogens is 200 g/mol. The molecule has 92 valence electrons. The second-order valence-corrected chi connectivity index (χ2v) is 5.57. The molecule has 3 fully saturated rings. The highest BCUT2D eigenvalue weighted by Crippen LogP contribution is 2.29. The summed E-state index contributed by atoms with van der Waals surface area (Å²) in [5.74, 6) is 0. The van der Waals surface area contributed by atoms with E-state index in [0.717, 1.165) is 25.3 Å². The highest BCUT2D eigenvalue weighted by Gasteiger charge is 2.39. The van der Waals surface area contributed by atoms with Crippen LogP contribution in [0.2, 0.25) is 0 Å². The van der Waals surface area contributed by atoms with Gasteiger partial charge in [-0.2, -0.15) is 0 Å². The van der Waals surface area contributed by atoms with Crippen molar-refractivity contribution < 1.29 is 4.74 Å². The Hall–Kier alpha value is -0.120. The van der Waals surface area contributed by atoms with Crippen molar-refractivity contribution in [3.8, 4) is 0 Å². The molecule has 3 atom stereocenters. The smallest absolute Gasteiger partial charge is 0.0622 e. The van der Waals surface area contributed by atoms with Crippen LogP contribution in [0.25, 0.3) is 0 Å². The van der Waals surface area contributed by atoms with E-state index >= 15 is 0 Å². The van der Waals surface area contributed by atoms with Crippen molar-refractivity contribution in [2.24, 2.45) is 0 Å². The van der Waals surface area contributed by atoms with Gasteiger partial charge in [-0.25, -0.2) is 0 Å². The van der Waals surface area contributed by atoms with Gasteiger partial charge in [-0.3, -0.25) is 9.80 Å². The first-order chi connectivity index (χ1) is 7.88. The molecule has 0 aromatic rings. The molecule has 3 heterocycles. The summed E-state index contributed by atoms with van der Waals surface area (Å²) in [5, 5.41) is 0. The highest BCUT2D eigenvalue weighted by molar-refractivity contribution is 4.94. The van der Waals surface area contributed by atoms with Crippen LogP contribution in [0.5, 0.6) is 0 Å². The minimum Gasteiger partial charge on any atom is -0.380 e. The second-order valence-electron chi connectivity index (χ2n) is 5.57. The van der Waals surface area contributed by atoms with E-state index in [1.165, 1.54) is 45.3 Å². The van der Waals surface area contributed by atoms with E-state index in [4.69, 9.17) is 4.74 Å². The molecule has 0 aromatic carbocycles. The van der Waals surface area contributed by atoms with Gasteiger partial charge in [-0.1, -0.05) is 6.92 Å². The largest absolute Gasteiger partial charge is 0.380 e. The maximum Gasteiger partial charge on any atom is 0.0622 e. The van der Waals surface area contributed by atoms with Crippen LogP contribution in [0.3, 0.4) is 0 Å². The number of rotatable bonds is 2. The number of piperazine rings is 1. The summed E-state index contributed by atoms with van der Waals surface area (Å²) >= 11 is 0. The van der Waals surface area contributed by atoms with Gasteiger partial charge in [0, 0.05) is 37.8 Å². The Morgan fingerprint density at radius 3 is 2.88 bits per heavy atom. The Balaban J connectivity index is 1.70. The lowest BCUT2D eigenvalue weighted by molar-refractivity contribution is 0.0148. The van der Waals surface area contributed by atoms with Crippen molar-refractivity contribution in [2.45, 2.75) is 50.7 Å². The zero-order chi connectivity index (χ0) is 11.0. The average molecular weight is 224 g/mol. The van der Waals surface area contributed by atoms with Crippen molar-refractivity contribution in [3.05, 3.63) is 0 Å². The fraction of sp³-hybridized carbons (Fsp3) is 1.00. The van der Waals surface area contributed by atoms with Gasteiger partial charge in [0.1, 0.15) is 0 Å². The van der Waals surface area contributed by atoms with E-state index in [-0.39, 0.29) is 0 Å². The van der Waals surface area contributed by atoms with E-state index in [2.05, 4.69) is 16.7 Å². The summed E-state index contributed by atoms with van der Waals surface area (Å²) in [4.78, 5) is 5.49. The van der Waals surface area contributed by atoms with E-state index in [9.17, 15) is 0 Å². The molecule has 3 heteroatoms. The van der Waals surface area contributed by atoms with Crippen LogP contribution in [-0.2, 0) is 4.74 Å². The van der Waals surface area contributed by atoms with E-state index < -0.39 is 0 Å². The lowest BCUT2D eigenvalue weighted by Gasteiger charge is -2.46. The van der Waals surface area contributed by atoms with Gasteiger partial charge in [0.25, 0.3) is 0 Å². The Kier molecular flexibility index (Phi) is 3.18. The molecule has 0 radical (unpaired) electrons. The molecule has 3 unspecified atom stereocenters. The van der Waals surface area contributed by atoms with Gasteiger partial charge < -0.3 is 4.74 Å². The molecule has 3 nitrogen and oxygen atoms in total. The topological polar surface area (TPSA) is 15.7 Å². The molecule has 16 heavy (non-hydrogen) atoms. The molecule has 0 bridgehead atoms. The number of hydrogen-bond acceptors (Lipinski definition) is 3. The third-order valence-electron chi connectivity index (χ3n) is 4.68. The minimum absolute atomic E-state index is 0.715. The second kappa shape index (κ2) is 4.63. The molecule has 0 aliphatic carbocycles. The van der Waals surface area contributed by atoms with Crippen LogP contribution in [0.4, 0.5) is 0 Å². The van der Waals surface area contributed by atoms with Crippen LogP contribution in [0, 0.1) is 0 Å². The van der Waals surface area contributed by atoms with Gasteiger partial charge in [0.15, 0.2) is 0 Å². The number of nitrogens with zero attached hydrogens (tertiary/aromatic N) is 2. The number of ether oxygens (including phenoxy) is 1. The first-order valence-corrected chi connectivity index (χ1v) is 6.96. The Morgan fingerprint density at radius 2 is 2.12 bits per heavy atom. The summed E-state index contributed by atoms with van der Waals surface area (Å²) in [6, 6.07) is 2.34. The third kappa shape index (κ3) is 1.89. The van der Waals surface area contributed by atoms with E-state index in [1.54, 1.807) is 0 Å². The number of fused-ring (bicyclic) bond motifs is 1. The third-order valence-corrected chi connectivity index (χ3v) is 4.68. The van der Waals surface area contributed by atoms with Gasteiger partial charge >= 0.3 is 0 Å². The summed E-state index contributed by atoms with van der Waals surface area (Å²) in [7, 11) is 0. The maximum atomic E-state index is 5.56. The zero-order valence-corrected chi connectivity index (χ0v) is 10.4. The van der Waals surface area contributed by atoms with Crippen molar-refractivity contribution in [1.82, 2.24) is 9.80 Å². The Morgan fingerprint density at radius 1 is 1.19 bits per heavy atom. The fourth-order valence-corrected chi connectivity index (χ4v) is 3.70. The quantitative estimate of drug-likeness (QED) is 0.704. The van der Waals surface area contributed by atoms with Gasteiger partial charge in [-0.05, 0) is 32.2 Å². The molecule has 0 saturated carbocycles.